The SMILES string of the molecule is CCCCCc1ccc(C=O)cc1N1CC/C=C\C(C)=C/CN(CCN2CCCC2)CC1. The Morgan fingerprint density at radius 1 is 0.969 bits per heavy atom. The zero-order valence-electron chi connectivity index (χ0n) is 20.4. The van der Waals surface area contributed by atoms with Crippen LogP contribution in [0, 0.1) is 0 Å². The van der Waals surface area contributed by atoms with E-state index in [1.165, 1.54) is 68.6 Å². The molecule has 0 aromatic heterocycles. The van der Waals surface area contributed by atoms with Gasteiger partial charge in [0.05, 0.1) is 0 Å². The molecule has 1 aromatic rings. The first-order valence-corrected chi connectivity index (χ1v) is 12.8. The molecule has 32 heavy (non-hydrogen) atoms. The number of likely N-dealkylation sites (tertiary alicyclic amines) is 1. The number of benzene rings is 1. The highest BCUT2D eigenvalue weighted by molar-refractivity contribution is 5.78. The Hall–Kier alpha value is -1.91. The lowest BCUT2D eigenvalue weighted by Crippen LogP contribution is -2.40. The van der Waals surface area contributed by atoms with E-state index < -0.39 is 0 Å². The molecule has 1 aromatic carbocycles. The number of aldehydes is 1. The van der Waals surface area contributed by atoms with Crippen LogP contribution < -0.4 is 4.90 Å². The van der Waals surface area contributed by atoms with Gasteiger partial charge in [-0.15, -0.1) is 0 Å². The van der Waals surface area contributed by atoms with E-state index in [4.69, 9.17) is 0 Å². The van der Waals surface area contributed by atoms with Crippen LogP contribution in [0.25, 0.3) is 0 Å². The van der Waals surface area contributed by atoms with E-state index in [2.05, 4.69) is 58.9 Å². The second-order valence-electron chi connectivity index (χ2n) is 9.44. The molecule has 4 nitrogen and oxygen atoms in total. The number of aryl methyl sites for hydroxylation is 1. The van der Waals surface area contributed by atoms with Gasteiger partial charge in [0.2, 0.25) is 0 Å². The number of unbranched alkanes of at least 4 members (excludes halogenated alkanes) is 2. The van der Waals surface area contributed by atoms with Gasteiger partial charge in [-0.1, -0.05) is 55.7 Å². The highest BCUT2D eigenvalue weighted by atomic mass is 16.1. The van der Waals surface area contributed by atoms with Crippen molar-refractivity contribution in [1.29, 1.82) is 0 Å². The maximum atomic E-state index is 11.5. The predicted molar refractivity (Wildman–Crippen MR) is 137 cm³/mol. The lowest BCUT2D eigenvalue weighted by molar-refractivity contribution is 0.112. The molecule has 0 spiro atoms. The average Bonchev–Trinajstić information content (AvgIpc) is 3.32. The van der Waals surface area contributed by atoms with Gasteiger partial charge in [0, 0.05) is 50.5 Å². The Morgan fingerprint density at radius 3 is 2.56 bits per heavy atom. The number of allylic oxidation sites excluding steroid dienone is 2. The molecule has 1 saturated heterocycles. The van der Waals surface area contributed by atoms with Crippen molar-refractivity contribution in [3.8, 4) is 0 Å². The topological polar surface area (TPSA) is 26.8 Å². The third-order valence-electron chi connectivity index (χ3n) is 6.87. The molecule has 0 N–H and O–H groups in total. The molecule has 176 valence electrons. The number of rotatable bonds is 9. The summed E-state index contributed by atoms with van der Waals surface area (Å²) < 4.78 is 0. The van der Waals surface area contributed by atoms with E-state index in [0.717, 1.165) is 57.4 Å². The molecule has 0 unspecified atom stereocenters. The summed E-state index contributed by atoms with van der Waals surface area (Å²) >= 11 is 0. The third-order valence-corrected chi connectivity index (χ3v) is 6.87. The molecule has 0 radical (unpaired) electrons. The lowest BCUT2D eigenvalue weighted by atomic mass is 10.0. The van der Waals surface area contributed by atoms with Crippen molar-refractivity contribution >= 4 is 12.0 Å². The Kier molecular flexibility index (Phi) is 10.5. The van der Waals surface area contributed by atoms with Gasteiger partial charge in [-0.25, -0.2) is 0 Å². The Balaban J connectivity index is 1.75. The summed E-state index contributed by atoms with van der Waals surface area (Å²) in [5.74, 6) is 0. The van der Waals surface area contributed by atoms with Crippen molar-refractivity contribution in [3.63, 3.8) is 0 Å². The quantitative estimate of drug-likeness (QED) is 0.385. The summed E-state index contributed by atoms with van der Waals surface area (Å²) in [6.45, 7) is 13.3. The van der Waals surface area contributed by atoms with Crippen LogP contribution in [-0.4, -0.2) is 68.4 Å². The van der Waals surface area contributed by atoms with E-state index in [0.29, 0.717) is 0 Å². The lowest BCUT2D eigenvalue weighted by Gasteiger charge is -2.31. The molecule has 0 aliphatic carbocycles. The number of carbonyl (C=O) groups is 1. The van der Waals surface area contributed by atoms with Crippen LogP contribution in [0.5, 0.6) is 0 Å². The van der Waals surface area contributed by atoms with Gasteiger partial charge < -0.3 is 9.80 Å². The number of hydrogen-bond donors (Lipinski definition) is 0. The predicted octanol–water partition coefficient (Wildman–Crippen LogP) is 5.34. The van der Waals surface area contributed by atoms with E-state index in [9.17, 15) is 4.79 Å². The van der Waals surface area contributed by atoms with Crippen molar-refractivity contribution in [2.24, 2.45) is 0 Å². The first kappa shape index (κ1) is 24.7. The molecule has 2 heterocycles. The summed E-state index contributed by atoms with van der Waals surface area (Å²) in [5, 5.41) is 0. The molecule has 0 atom stereocenters. The molecule has 0 amide bonds. The number of anilines is 1. The Labute approximate surface area is 196 Å². The monoisotopic (exact) mass is 437 g/mol. The minimum Gasteiger partial charge on any atom is -0.370 e. The largest absolute Gasteiger partial charge is 0.370 e. The summed E-state index contributed by atoms with van der Waals surface area (Å²) in [4.78, 5) is 19.3. The smallest absolute Gasteiger partial charge is 0.150 e. The fourth-order valence-corrected chi connectivity index (χ4v) is 4.76. The molecule has 1 fully saturated rings. The van der Waals surface area contributed by atoms with Gasteiger partial charge >= 0.3 is 0 Å². The number of carbonyl (C=O) groups excluding carboxylic acids is 1. The molecular formula is C28H43N3O. The van der Waals surface area contributed by atoms with E-state index >= 15 is 0 Å². The fraction of sp³-hybridized carbons (Fsp3) is 0.607. The van der Waals surface area contributed by atoms with Crippen molar-refractivity contribution < 1.29 is 4.79 Å². The average molecular weight is 438 g/mol. The molecule has 2 aliphatic heterocycles. The Morgan fingerprint density at radius 2 is 1.78 bits per heavy atom. The molecule has 2 aliphatic rings. The van der Waals surface area contributed by atoms with Crippen molar-refractivity contribution in [2.45, 2.75) is 58.8 Å². The van der Waals surface area contributed by atoms with Crippen LogP contribution >= 0.6 is 0 Å². The van der Waals surface area contributed by atoms with Gasteiger partial charge in [-0.05, 0) is 63.7 Å². The minimum absolute atomic E-state index is 0.785. The van der Waals surface area contributed by atoms with Crippen LogP contribution in [0.1, 0.15) is 68.3 Å². The number of hydrogen-bond acceptors (Lipinski definition) is 4. The molecule has 3 rings (SSSR count). The van der Waals surface area contributed by atoms with Gasteiger partial charge in [0.15, 0.2) is 0 Å². The number of nitrogens with zero attached hydrogens (tertiary/aromatic N) is 3. The summed E-state index contributed by atoms with van der Waals surface area (Å²) in [6.07, 6.45) is 16.5. The van der Waals surface area contributed by atoms with Gasteiger partial charge in [-0.2, -0.15) is 0 Å². The van der Waals surface area contributed by atoms with Gasteiger partial charge in [0.25, 0.3) is 0 Å². The van der Waals surface area contributed by atoms with Crippen LogP contribution in [-0.2, 0) is 6.42 Å². The second kappa shape index (κ2) is 13.6. The Bertz CT molecular complexity index is 764. The van der Waals surface area contributed by atoms with Crippen molar-refractivity contribution in [1.82, 2.24) is 9.80 Å². The zero-order chi connectivity index (χ0) is 22.6. The van der Waals surface area contributed by atoms with Crippen LogP contribution in [0.15, 0.2) is 42.0 Å². The third kappa shape index (κ3) is 7.90. The normalized spacial score (nSPS) is 21.7. The minimum atomic E-state index is 0.785. The van der Waals surface area contributed by atoms with Crippen LogP contribution in [0.3, 0.4) is 0 Å². The van der Waals surface area contributed by atoms with Crippen molar-refractivity contribution in [2.75, 3.05) is 57.3 Å². The van der Waals surface area contributed by atoms with Gasteiger partial charge in [0.1, 0.15) is 6.29 Å². The molecule has 0 saturated carbocycles. The summed E-state index contributed by atoms with van der Waals surface area (Å²) in [6, 6.07) is 6.29. The highest BCUT2D eigenvalue weighted by Crippen LogP contribution is 2.25. The molecule has 4 heteroatoms. The first-order valence-electron chi connectivity index (χ1n) is 12.8. The van der Waals surface area contributed by atoms with Crippen LogP contribution in [0.4, 0.5) is 5.69 Å². The summed E-state index contributed by atoms with van der Waals surface area (Å²) in [7, 11) is 0. The van der Waals surface area contributed by atoms with Crippen LogP contribution in [0.2, 0.25) is 0 Å². The maximum Gasteiger partial charge on any atom is 0.150 e. The van der Waals surface area contributed by atoms with Crippen molar-refractivity contribution in [3.05, 3.63) is 53.1 Å². The molecular weight excluding hydrogens is 394 g/mol. The second-order valence-corrected chi connectivity index (χ2v) is 9.44. The van der Waals surface area contributed by atoms with E-state index in [-0.39, 0.29) is 0 Å². The zero-order valence-corrected chi connectivity index (χ0v) is 20.4. The molecule has 0 bridgehead atoms. The van der Waals surface area contributed by atoms with E-state index in [1.807, 2.05) is 6.07 Å². The maximum absolute atomic E-state index is 11.5. The summed E-state index contributed by atoms with van der Waals surface area (Å²) in [5.41, 5.74) is 4.80. The highest BCUT2D eigenvalue weighted by Gasteiger charge is 2.16. The first-order chi connectivity index (χ1) is 15.7. The standard InChI is InChI=1S/C28H43N3O/c1-3-4-5-11-27-13-12-26(24-32)23-28(27)31-17-7-6-10-25(2)14-18-30(21-22-31)20-19-29-15-8-9-16-29/h6,10,12-14,23-24H,3-5,7-9,11,15-22H2,1-2H3/b10-6-,25-14-. The van der Waals surface area contributed by atoms with E-state index in [1.54, 1.807) is 0 Å². The fourth-order valence-electron chi connectivity index (χ4n) is 4.76. The van der Waals surface area contributed by atoms with Gasteiger partial charge in [-0.3, -0.25) is 9.69 Å².